The Morgan fingerprint density at radius 1 is 1.21 bits per heavy atom. The van der Waals surface area contributed by atoms with E-state index in [1.807, 2.05) is 5.38 Å². The molecule has 1 saturated carbocycles. The van der Waals surface area contributed by atoms with Crippen molar-refractivity contribution in [1.29, 1.82) is 0 Å². The Morgan fingerprint density at radius 2 is 1.93 bits per heavy atom. The lowest BCUT2D eigenvalue weighted by molar-refractivity contribution is -0.119. The summed E-state index contributed by atoms with van der Waals surface area (Å²) in [4.78, 5) is 36.5. The summed E-state index contributed by atoms with van der Waals surface area (Å²) < 4.78 is 23.7. The predicted molar refractivity (Wildman–Crippen MR) is 103 cm³/mol. The van der Waals surface area contributed by atoms with Crippen LogP contribution in [0.15, 0.2) is 23.6 Å². The minimum absolute atomic E-state index is 0.109. The van der Waals surface area contributed by atoms with Crippen LogP contribution in [0.1, 0.15) is 52.0 Å². The van der Waals surface area contributed by atoms with Crippen LogP contribution in [0.2, 0.25) is 5.02 Å². The normalized spacial score (nSPS) is 13.1. The van der Waals surface area contributed by atoms with Gasteiger partial charge in [-0.1, -0.05) is 17.7 Å². The van der Waals surface area contributed by atoms with Crippen molar-refractivity contribution in [3.05, 3.63) is 51.1 Å². The van der Waals surface area contributed by atoms with Crippen molar-refractivity contribution in [3.63, 3.8) is 0 Å². The van der Waals surface area contributed by atoms with Gasteiger partial charge in [0.15, 0.2) is 6.61 Å². The number of carbonyl (C=O) groups excluding carboxylic acids is 3. The Bertz CT molecular complexity index is 905. The molecule has 0 radical (unpaired) electrons. The highest BCUT2D eigenvalue weighted by Gasteiger charge is 2.32. The number of carbonyl (C=O) groups is 3. The highest BCUT2D eigenvalue weighted by atomic mass is 35.5. The number of amides is 1. The first-order valence-electron chi connectivity index (χ1n) is 8.61. The van der Waals surface area contributed by atoms with Crippen LogP contribution in [-0.2, 0) is 14.3 Å². The molecule has 1 aliphatic carbocycles. The topological polar surface area (TPSA) is 81.7 Å². The molecule has 1 aromatic carbocycles. The Hall–Kier alpha value is -2.45. The highest BCUT2D eigenvalue weighted by molar-refractivity contribution is 7.15. The number of thiophene rings is 1. The van der Waals surface area contributed by atoms with Crippen LogP contribution in [0, 0.1) is 5.82 Å². The molecule has 1 N–H and O–H groups in total. The fourth-order valence-corrected chi connectivity index (χ4v) is 3.92. The molecule has 1 aromatic heterocycles. The molecule has 0 spiro atoms. The van der Waals surface area contributed by atoms with Crippen LogP contribution >= 0.6 is 22.9 Å². The van der Waals surface area contributed by atoms with Crippen molar-refractivity contribution >= 4 is 45.8 Å². The lowest BCUT2D eigenvalue weighted by Gasteiger charge is -2.09. The molecule has 3 rings (SSSR count). The Morgan fingerprint density at radius 3 is 2.57 bits per heavy atom. The van der Waals surface area contributed by atoms with Crippen LogP contribution in [0.4, 0.5) is 9.39 Å². The molecule has 0 aliphatic heterocycles. The zero-order valence-corrected chi connectivity index (χ0v) is 16.5. The Kier molecular flexibility index (Phi) is 6.31. The summed E-state index contributed by atoms with van der Waals surface area (Å²) in [5.74, 6) is -2.75. The van der Waals surface area contributed by atoms with Gasteiger partial charge in [0.05, 0.1) is 17.2 Å². The lowest BCUT2D eigenvalue weighted by Crippen LogP contribution is -2.22. The molecule has 1 amide bonds. The predicted octanol–water partition coefficient (Wildman–Crippen LogP) is 4.39. The van der Waals surface area contributed by atoms with E-state index in [1.165, 1.54) is 23.5 Å². The lowest BCUT2D eigenvalue weighted by atomic mass is 10.1. The molecule has 6 nitrogen and oxygen atoms in total. The van der Waals surface area contributed by atoms with Gasteiger partial charge in [-0.15, -0.1) is 11.3 Å². The van der Waals surface area contributed by atoms with E-state index in [0.717, 1.165) is 24.5 Å². The van der Waals surface area contributed by atoms with E-state index in [9.17, 15) is 18.8 Å². The molecule has 0 atom stereocenters. The smallest absolute Gasteiger partial charge is 0.343 e. The maximum atomic E-state index is 13.7. The highest BCUT2D eigenvalue weighted by Crippen LogP contribution is 2.46. The van der Waals surface area contributed by atoms with Crippen molar-refractivity contribution in [2.45, 2.75) is 25.7 Å². The number of benzene rings is 1. The van der Waals surface area contributed by atoms with Crippen LogP contribution in [0.3, 0.4) is 0 Å². The second-order valence-corrected chi connectivity index (χ2v) is 7.40. The van der Waals surface area contributed by atoms with Gasteiger partial charge < -0.3 is 14.8 Å². The number of hydrogen-bond donors (Lipinski definition) is 1. The van der Waals surface area contributed by atoms with E-state index in [0.29, 0.717) is 16.5 Å². The van der Waals surface area contributed by atoms with E-state index in [4.69, 9.17) is 21.1 Å². The van der Waals surface area contributed by atoms with Gasteiger partial charge in [0, 0.05) is 0 Å². The quantitative estimate of drug-likeness (QED) is 0.665. The third-order valence-corrected chi connectivity index (χ3v) is 5.30. The molecule has 0 unspecified atom stereocenters. The van der Waals surface area contributed by atoms with Crippen molar-refractivity contribution in [1.82, 2.24) is 0 Å². The van der Waals surface area contributed by atoms with Gasteiger partial charge in [-0.25, -0.2) is 14.0 Å². The van der Waals surface area contributed by atoms with Crippen LogP contribution in [-0.4, -0.2) is 31.1 Å². The average molecular weight is 426 g/mol. The molecule has 148 valence electrons. The van der Waals surface area contributed by atoms with Gasteiger partial charge in [0.2, 0.25) is 0 Å². The third-order valence-electron chi connectivity index (χ3n) is 4.07. The summed E-state index contributed by atoms with van der Waals surface area (Å²) in [6, 6.07) is 3.77. The summed E-state index contributed by atoms with van der Waals surface area (Å²) in [5.41, 5.74) is 0.761. The molecule has 9 heteroatoms. The zero-order valence-electron chi connectivity index (χ0n) is 14.9. The van der Waals surface area contributed by atoms with Gasteiger partial charge in [-0.3, -0.25) is 4.79 Å². The third kappa shape index (κ3) is 4.51. The first-order chi connectivity index (χ1) is 13.4. The summed E-state index contributed by atoms with van der Waals surface area (Å²) >= 11 is 7.01. The van der Waals surface area contributed by atoms with Crippen molar-refractivity contribution < 1.29 is 28.2 Å². The van der Waals surface area contributed by atoms with Gasteiger partial charge in [-0.2, -0.15) is 0 Å². The molecule has 1 heterocycles. The van der Waals surface area contributed by atoms with E-state index in [1.54, 1.807) is 6.92 Å². The summed E-state index contributed by atoms with van der Waals surface area (Å²) in [6.07, 6.45) is 1.97. The number of rotatable bonds is 7. The SMILES string of the molecule is CCOC(=O)c1c(C2CC2)csc1NC(=O)COC(=O)c1c(F)cccc1Cl. The second-order valence-electron chi connectivity index (χ2n) is 6.11. The molecule has 0 bridgehead atoms. The number of nitrogens with one attached hydrogen (secondary N) is 1. The second kappa shape index (κ2) is 8.70. The summed E-state index contributed by atoms with van der Waals surface area (Å²) in [6.45, 7) is 1.27. The molecular weight excluding hydrogens is 409 g/mol. The molecule has 28 heavy (non-hydrogen) atoms. The van der Waals surface area contributed by atoms with Crippen LogP contribution < -0.4 is 5.32 Å². The first kappa shape index (κ1) is 20.3. The number of halogens is 2. The van der Waals surface area contributed by atoms with Crippen molar-refractivity contribution in [2.75, 3.05) is 18.5 Å². The zero-order chi connectivity index (χ0) is 20.3. The molecule has 0 saturated heterocycles. The molecule has 2 aromatic rings. The Balaban J connectivity index is 1.67. The summed E-state index contributed by atoms with van der Waals surface area (Å²) in [7, 11) is 0. The monoisotopic (exact) mass is 425 g/mol. The van der Waals surface area contributed by atoms with Gasteiger partial charge in [0.1, 0.15) is 16.4 Å². The first-order valence-corrected chi connectivity index (χ1v) is 9.87. The standard InChI is InChI=1S/C19H17ClFNO5S/c1-2-26-18(24)15-11(10-6-7-10)9-28-17(15)22-14(23)8-27-19(25)16-12(20)4-3-5-13(16)21/h3-5,9-10H,2,6-8H2,1H3,(H,22,23). The Labute approximate surface area is 169 Å². The summed E-state index contributed by atoms with van der Waals surface area (Å²) in [5, 5.41) is 4.62. The van der Waals surface area contributed by atoms with Crippen molar-refractivity contribution in [2.24, 2.45) is 0 Å². The van der Waals surface area contributed by atoms with E-state index in [2.05, 4.69) is 5.32 Å². The van der Waals surface area contributed by atoms with E-state index in [-0.39, 0.29) is 11.6 Å². The van der Waals surface area contributed by atoms with Crippen LogP contribution in [0.25, 0.3) is 0 Å². The van der Waals surface area contributed by atoms with E-state index < -0.39 is 35.8 Å². The maximum absolute atomic E-state index is 13.7. The van der Waals surface area contributed by atoms with Gasteiger partial charge in [-0.05, 0) is 48.8 Å². The average Bonchev–Trinajstić information content (AvgIpc) is 3.40. The van der Waals surface area contributed by atoms with Crippen molar-refractivity contribution in [3.8, 4) is 0 Å². The number of anilines is 1. The van der Waals surface area contributed by atoms with Gasteiger partial charge in [0.25, 0.3) is 5.91 Å². The fourth-order valence-electron chi connectivity index (χ4n) is 2.63. The van der Waals surface area contributed by atoms with Crippen LogP contribution in [0.5, 0.6) is 0 Å². The van der Waals surface area contributed by atoms with E-state index >= 15 is 0 Å². The maximum Gasteiger partial charge on any atom is 0.343 e. The minimum atomic E-state index is -1.05. The molecular formula is C19H17ClFNO5S. The largest absolute Gasteiger partial charge is 0.462 e. The minimum Gasteiger partial charge on any atom is -0.462 e. The molecule has 1 fully saturated rings. The number of esters is 2. The van der Waals surface area contributed by atoms with Gasteiger partial charge >= 0.3 is 11.9 Å². The number of ether oxygens (including phenoxy) is 2. The number of hydrogen-bond acceptors (Lipinski definition) is 6. The fraction of sp³-hybridized carbons (Fsp3) is 0.316. The molecule has 1 aliphatic rings.